The van der Waals surface area contributed by atoms with Crippen LogP contribution >= 0.6 is 0 Å². The van der Waals surface area contributed by atoms with E-state index >= 15 is 0 Å². The Bertz CT molecular complexity index is 449. The lowest BCUT2D eigenvalue weighted by molar-refractivity contribution is 0.398. The maximum absolute atomic E-state index is 4.98. The number of anilines is 1. The van der Waals surface area contributed by atoms with Gasteiger partial charge >= 0.3 is 0 Å². The van der Waals surface area contributed by atoms with Gasteiger partial charge in [-0.2, -0.15) is 5.10 Å². The summed E-state index contributed by atoms with van der Waals surface area (Å²) in [6.45, 7) is 2.73. The van der Waals surface area contributed by atoms with Crippen LogP contribution in [0.5, 0.6) is 5.88 Å². The molecular formula is C11H14N4O. The number of rotatable bonds is 4. The summed E-state index contributed by atoms with van der Waals surface area (Å²) in [7, 11) is 1.60. The van der Waals surface area contributed by atoms with Crippen LogP contribution in [0.3, 0.4) is 0 Å². The summed E-state index contributed by atoms with van der Waals surface area (Å²) in [5.74, 6) is 0.616. The topological polar surface area (TPSA) is 62.8 Å². The summed E-state index contributed by atoms with van der Waals surface area (Å²) in [5, 5.41) is 10.1. The molecule has 5 heteroatoms. The zero-order valence-corrected chi connectivity index (χ0v) is 9.32. The first-order valence-corrected chi connectivity index (χ1v) is 5.02. The maximum Gasteiger partial charge on any atom is 0.213 e. The van der Waals surface area contributed by atoms with Crippen LogP contribution in [0.2, 0.25) is 0 Å². The largest absolute Gasteiger partial charge is 0.481 e. The zero-order valence-electron chi connectivity index (χ0n) is 9.32. The Morgan fingerprint density at radius 3 is 2.81 bits per heavy atom. The summed E-state index contributed by atoms with van der Waals surface area (Å²) in [6.07, 6.45) is 3.56. The molecule has 0 aliphatic rings. The van der Waals surface area contributed by atoms with E-state index in [9.17, 15) is 0 Å². The number of pyridine rings is 1. The lowest BCUT2D eigenvalue weighted by Crippen LogP contribution is -2.00. The van der Waals surface area contributed by atoms with E-state index < -0.39 is 0 Å². The second-order valence-corrected chi connectivity index (χ2v) is 3.46. The minimum atomic E-state index is 0.616. The second-order valence-electron chi connectivity index (χ2n) is 3.46. The van der Waals surface area contributed by atoms with Gasteiger partial charge in [0, 0.05) is 23.9 Å². The average Bonchev–Trinajstić information content (AvgIpc) is 2.73. The van der Waals surface area contributed by atoms with Gasteiger partial charge in [-0.05, 0) is 13.0 Å². The van der Waals surface area contributed by atoms with Crippen molar-refractivity contribution >= 4 is 5.69 Å². The van der Waals surface area contributed by atoms with Gasteiger partial charge in [-0.15, -0.1) is 0 Å². The Balaban J connectivity index is 1.97. The van der Waals surface area contributed by atoms with Crippen molar-refractivity contribution in [3.05, 3.63) is 35.8 Å². The molecule has 0 atom stereocenters. The molecule has 2 N–H and O–H groups in total. The molecular weight excluding hydrogens is 204 g/mol. The van der Waals surface area contributed by atoms with Crippen molar-refractivity contribution in [1.29, 1.82) is 0 Å². The number of aryl methyl sites for hydroxylation is 1. The van der Waals surface area contributed by atoms with Crippen molar-refractivity contribution in [3.8, 4) is 5.88 Å². The molecule has 2 rings (SSSR count). The van der Waals surface area contributed by atoms with E-state index in [1.54, 1.807) is 13.3 Å². The van der Waals surface area contributed by atoms with Crippen molar-refractivity contribution in [2.75, 3.05) is 12.4 Å². The van der Waals surface area contributed by atoms with E-state index in [0.29, 0.717) is 5.88 Å². The number of hydrogen-bond acceptors (Lipinski definition) is 4. The molecule has 0 saturated carbocycles. The molecule has 0 unspecified atom stereocenters. The Labute approximate surface area is 93.9 Å². The van der Waals surface area contributed by atoms with E-state index in [0.717, 1.165) is 23.5 Å². The number of nitrogens with zero attached hydrogens (tertiary/aromatic N) is 2. The van der Waals surface area contributed by atoms with E-state index in [1.807, 2.05) is 25.3 Å². The molecule has 2 heterocycles. The number of aromatic amines is 1. The predicted octanol–water partition coefficient (Wildman–Crippen LogP) is 1.73. The standard InChI is InChI=1S/C11H14N4O/c1-8-9(6-14-15-8)5-12-10-3-4-11(16-2)13-7-10/h3-4,6-7,12H,5H2,1-2H3,(H,14,15). The van der Waals surface area contributed by atoms with Gasteiger partial charge in [-0.3, -0.25) is 5.10 Å². The Kier molecular flexibility index (Phi) is 3.05. The number of aromatic nitrogens is 3. The van der Waals surface area contributed by atoms with Crippen molar-refractivity contribution in [2.24, 2.45) is 0 Å². The first kappa shape index (κ1) is 10.5. The van der Waals surface area contributed by atoms with Gasteiger partial charge in [0.05, 0.1) is 25.2 Å². The van der Waals surface area contributed by atoms with Gasteiger partial charge in [0.15, 0.2) is 0 Å². The molecule has 0 aliphatic carbocycles. The molecule has 16 heavy (non-hydrogen) atoms. The number of H-pyrrole nitrogens is 1. The lowest BCUT2D eigenvalue weighted by atomic mass is 10.2. The highest BCUT2D eigenvalue weighted by atomic mass is 16.5. The van der Waals surface area contributed by atoms with Gasteiger partial charge in [-0.25, -0.2) is 4.98 Å². The molecule has 0 saturated heterocycles. The molecule has 0 fully saturated rings. The average molecular weight is 218 g/mol. The highest BCUT2D eigenvalue weighted by Gasteiger charge is 2.00. The normalized spacial score (nSPS) is 10.1. The van der Waals surface area contributed by atoms with Crippen LogP contribution in [0, 0.1) is 6.92 Å². The van der Waals surface area contributed by atoms with Gasteiger partial charge in [0.1, 0.15) is 0 Å². The van der Waals surface area contributed by atoms with E-state index in [-0.39, 0.29) is 0 Å². The second kappa shape index (κ2) is 4.65. The first-order chi connectivity index (χ1) is 7.79. The van der Waals surface area contributed by atoms with Crippen LogP contribution in [-0.4, -0.2) is 22.3 Å². The molecule has 0 bridgehead atoms. The summed E-state index contributed by atoms with van der Waals surface area (Å²) < 4.78 is 4.98. The SMILES string of the molecule is COc1ccc(NCc2cn[nH]c2C)cn1. The minimum Gasteiger partial charge on any atom is -0.481 e. The fourth-order valence-electron chi connectivity index (χ4n) is 1.36. The molecule has 2 aromatic rings. The Morgan fingerprint density at radius 1 is 1.38 bits per heavy atom. The molecule has 5 nitrogen and oxygen atoms in total. The Hall–Kier alpha value is -2.04. The third kappa shape index (κ3) is 2.31. The van der Waals surface area contributed by atoms with Crippen molar-refractivity contribution in [2.45, 2.75) is 13.5 Å². The van der Waals surface area contributed by atoms with Gasteiger partial charge in [-0.1, -0.05) is 0 Å². The number of nitrogens with one attached hydrogen (secondary N) is 2. The van der Waals surface area contributed by atoms with Crippen LogP contribution in [0.15, 0.2) is 24.5 Å². The van der Waals surface area contributed by atoms with E-state index in [1.165, 1.54) is 0 Å². The van der Waals surface area contributed by atoms with Crippen molar-refractivity contribution in [1.82, 2.24) is 15.2 Å². The number of methoxy groups -OCH3 is 1. The molecule has 0 amide bonds. The predicted molar refractivity (Wildman–Crippen MR) is 61.4 cm³/mol. The minimum absolute atomic E-state index is 0.616. The highest BCUT2D eigenvalue weighted by molar-refractivity contribution is 5.42. The monoisotopic (exact) mass is 218 g/mol. The highest BCUT2D eigenvalue weighted by Crippen LogP contribution is 2.12. The Morgan fingerprint density at radius 2 is 2.25 bits per heavy atom. The van der Waals surface area contributed by atoms with Crippen LogP contribution in [-0.2, 0) is 6.54 Å². The molecule has 0 radical (unpaired) electrons. The first-order valence-electron chi connectivity index (χ1n) is 5.02. The summed E-state index contributed by atoms with van der Waals surface area (Å²) >= 11 is 0. The number of ether oxygens (including phenoxy) is 1. The molecule has 0 aliphatic heterocycles. The van der Waals surface area contributed by atoms with Gasteiger partial charge in [0.2, 0.25) is 5.88 Å². The molecule has 0 spiro atoms. The van der Waals surface area contributed by atoms with Gasteiger partial charge < -0.3 is 10.1 Å². The zero-order chi connectivity index (χ0) is 11.4. The van der Waals surface area contributed by atoms with E-state index in [2.05, 4.69) is 20.5 Å². The van der Waals surface area contributed by atoms with E-state index in [4.69, 9.17) is 4.74 Å². The summed E-state index contributed by atoms with van der Waals surface area (Å²) in [4.78, 5) is 4.11. The smallest absolute Gasteiger partial charge is 0.213 e. The van der Waals surface area contributed by atoms with Crippen molar-refractivity contribution < 1.29 is 4.74 Å². The van der Waals surface area contributed by atoms with Crippen LogP contribution in [0.4, 0.5) is 5.69 Å². The number of hydrogen-bond donors (Lipinski definition) is 2. The fraction of sp³-hybridized carbons (Fsp3) is 0.273. The lowest BCUT2D eigenvalue weighted by Gasteiger charge is -2.05. The third-order valence-electron chi connectivity index (χ3n) is 2.36. The van der Waals surface area contributed by atoms with Crippen molar-refractivity contribution in [3.63, 3.8) is 0 Å². The van der Waals surface area contributed by atoms with Crippen LogP contribution in [0.1, 0.15) is 11.3 Å². The van der Waals surface area contributed by atoms with Crippen LogP contribution < -0.4 is 10.1 Å². The fourth-order valence-corrected chi connectivity index (χ4v) is 1.36. The maximum atomic E-state index is 4.98. The molecule has 2 aromatic heterocycles. The van der Waals surface area contributed by atoms with Gasteiger partial charge in [0.25, 0.3) is 0 Å². The third-order valence-corrected chi connectivity index (χ3v) is 2.36. The summed E-state index contributed by atoms with van der Waals surface area (Å²) in [5.41, 5.74) is 3.19. The quantitative estimate of drug-likeness (QED) is 0.820. The van der Waals surface area contributed by atoms with Crippen LogP contribution in [0.25, 0.3) is 0 Å². The molecule has 0 aromatic carbocycles. The molecule has 84 valence electrons. The summed E-state index contributed by atoms with van der Waals surface area (Å²) in [6, 6.07) is 3.76.